The van der Waals surface area contributed by atoms with Gasteiger partial charge in [0.25, 0.3) is 0 Å². The van der Waals surface area contributed by atoms with Crippen LogP contribution < -0.4 is 4.74 Å². The van der Waals surface area contributed by atoms with E-state index in [1.54, 1.807) is 7.11 Å². The number of rotatable bonds is 7. The first-order chi connectivity index (χ1) is 10.3. The number of nitrogens with zero attached hydrogens (tertiary/aromatic N) is 2. The van der Waals surface area contributed by atoms with Gasteiger partial charge in [0.2, 0.25) is 0 Å². The van der Waals surface area contributed by atoms with Gasteiger partial charge in [-0.3, -0.25) is 9.36 Å². The molecule has 0 aliphatic heterocycles. The Labute approximate surface area is 132 Å². The van der Waals surface area contributed by atoms with E-state index >= 15 is 0 Å². The average Bonchev–Trinajstić information content (AvgIpc) is 2.80. The second kappa shape index (κ2) is 6.62. The number of ether oxygens (including phenoxy) is 2. The molecule has 0 saturated carbocycles. The Bertz CT molecular complexity index is 674. The summed E-state index contributed by atoms with van der Waals surface area (Å²) >= 11 is 0. The highest BCUT2D eigenvalue weighted by atomic mass is 28.3. The van der Waals surface area contributed by atoms with Gasteiger partial charge in [0.1, 0.15) is 12.5 Å². The molecule has 0 fully saturated rings. The standard InChI is InChI=1S/C16H24N2O3Si/c1-12(19)16-17-14-10-13(20-2)6-7-15(14)18(16)11-21-8-9-22(3,4)5/h6-7,10H,8-9,11H2,1-5H3. The van der Waals surface area contributed by atoms with E-state index in [2.05, 4.69) is 24.6 Å². The van der Waals surface area contributed by atoms with Crippen molar-refractivity contribution in [2.75, 3.05) is 13.7 Å². The lowest BCUT2D eigenvalue weighted by atomic mass is 10.3. The maximum atomic E-state index is 11.8. The van der Waals surface area contributed by atoms with E-state index in [1.807, 2.05) is 22.8 Å². The summed E-state index contributed by atoms with van der Waals surface area (Å²) in [6, 6.07) is 6.71. The summed E-state index contributed by atoms with van der Waals surface area (Å²) in [7, 11) is 0.501. The number of imidazole rings is 1. The minimum Gasteiger partial charge on any atom is -0.497 e. The summed E-state index contributed by atoms with van der Waals surface area (Å²) in [4.78, 5) is 16.2. The fourth-order valence-corrected chi connectivity index (χ4v) is 2.93. The topological polar surface area (TPSA) is 53.3 Å². The number of carbonyl (C=O) groups is 1. The fraction of sp³-hybridized carbons (Fsp3) is 0.500. The molecule has 0 radical (unpaired) electrons. The molecule has 0 atom stereocenters. The largest absolute Gasteiger partial charge is 0.497 e. The van der Waals surface area contributed by atoms with E-state index in [9.17, 15) is 4.79 Å². The van der Waals surface area contributed by atoms with Crippen molar-refractivity contribution in [3.63, 3.8) is 0 Å². The molecule has 1 aromatic heterocycles. The first kappa shape index (κ1) is 16.7. The lowest BCUT2D eigenvalue weighted by Gasteiger charge is -2.16. The van der Waals surface area contributed by atoms with Gasteiger partial charge < -0.3 is 9.47 Å². The summed E-state index contributed by atoms with van der Waals surface area (Å²) in [5.41, 5.74) is 1.64. The van der Waals surface area contributed by atoms with E-state index in [1.165, 1.54) is 6.92 Å². The van der Waals surface area contributed by atoms with E-state index in [-0.39, 0.29) is 5.78 Å². The number of benzene rings is 1. The van der Waals surface area contributed by atoms with E-state index < -0.39 is 8.07 Å². The molecule has 5 nitrogen and oxygen atoms in total. The van der Waals surface area contributed by atoms with Crippen molar-refractivity contribution in [1.29, 1.82) is 0 Å². The van der Waals surface area contributed by atoms with Crippen LogP contribution in [0.1, 0.15) is 17.5 Å². The summed E-state index contributed by atoms with van der Waals surface area (Å²) in [6.45, 7) is 9.53. The zero-order valence-corrected chi connectivity index (χ0v) is 15.0. The van der Waals surface area contributed by atoms with Crippen molar-refractivity contribution in [1.82, 2.24) is 9.55 Å². The van der Waals surface area contributed by atoms with Crippen molar-refractivity contribution in [2.45, 2.75) is 39.3 Å². The van der Waals surface area contributed by atoms with Crippen LogP contribution in [0.3, 0.4) is 0 Å². The molecule has 0 saturated heterocycles. The second-order valence-corrected chi connectivity index (χ2v) is 12.2. The van der Waals surface area contributed by atoms with Gasteiger partial charge in [-0.15, -0.1) is 0 Å². The van der Waals surface area contributed by atoms with Crippen LogP contribution in [-0.2, 0) is 11.5 Å². The Balaban J connectivity index is 2.23. The van der Waals surface area contributed by atoms with Crippen LogP contribution in [-0.4, -0.2) is 37.1 Å². The van der Waals surface area contributed by atoms with Gasteiger partial charge in [0.05, 0.1) is 18.1 Å². The molecule has 6 heteroatoms. The predicted octanol–water partition coefficient (Wildman–Crippen LogP) is 3.56. The van der Waals surface area contributed by atoms with Gasteiger partial charge in [-0.1, -0.05) is 19.6 Å². The molecule has 0 unspecified atom stereocenters. The van der Waals surface area contributed by atoms with Gasteiger partial charge in [-0.25, -0.2) is 4.98 Å². The first-order valence-corrected chi connectivity index (χ1v) is 11.2. The molecule has 0 spiro atoms. The van der Waals surface area contributed by atoms with Crippen molar-refractivity contribution in [3.8, 4) is 5.75 Å². The highest BCUT2D eigenvalue weighted by Gasteiger charge is 2.16. The van der Waals surface area contributed by atoms with Crippen LogP contribution in [0.15, 0.2) is 18.2 Å². The first-order valence-electron chi connectivity index (χ1n) is 7.45. The second-order valence-electron chi connectivity index (χ2n) is 6.62. The number of hydrogen-bond donors (Lipinski definition) is 0. The molecule has 22 heavy (non-hydrogen) atoms. The van der Waals surface area contributed by atoms with Crippen molar-refractivity contribution < 1.29 is 14.3 Å². The monoisotopic (exact) mass is 320 g/mol. The third-order valence-corrected chi connectivity index (χ3v) is 5.19. The number of ketones is 1. The fourth-order valence-electron chi connectivity index (χ4n) is 2.17. The van der Waals surface area contributed by atoms with Gasteiger partial charge in [0.15, 0.2) is 11.6 Å². The molecule has 2 aromatic rings. The van der Waals surface area contributed by atoms with Gasteiger partial charge in [-0.2, -0.15) is 0 Å². The summed E-state index contributed by atoms with van der Waals surface area (Å²) in [5, 5.41) is 0. The van der Waals surface area contributed by atoms with Gasteiger partial charge >= 0.3 is 0 Å². The maximum Gasteiger partial charge on any atom is 0.195 e. The van der Waals surface area contributed by atoms with Crippen LogP contribution in [0.25, 0.3) is 11.0 Å². The molecule has 2 rings (SSSR count). The minimum absolute atomic E-state index is 0.0658. The maximum absolute atomic E-state index is 11.8. The van der Waals surface area contributed by atoms with Crippen LogP contribution in [0.5, 0.6) is 5.75 Å². The zero-order chi connectivity index (χ0) is 16.3. The molecule has 0 bridgehead atoms. The SMILES string of the molecule is COc1ccc2c(c1)nc(C(C)=O)n2COCC[Si](C)(C)C. The molecular formula is C16H24N2O3Si. The van der Waals surface area contributed by atoms with Gasteiger partial charge in [0, 0.05) is 27.7 Å². The minimum atomic E-state index is -1.11. The molecule has 0 N–H and O–H groups in total. The smallest absolute Gasteiger partial charge is 0.195 e. The third-order valence-electron chi connectivity index (χ3n) is 3.49. The van der Waals surface area contributed by atoms with Crippen LogP contribution >= 0.6 is 0 Å². The summed E-state index contributed by atoms with van der Waals surface area (Å²) in [6.07, 6.45) is 0. The molecular weight excluding hydrogens is 296 g/mol. The Kier molecular flexibility index (Phi) is 5.03. The van der Waals surface area contributed by atoms with Gasteiger partial charge in [-0.05, 0) is 18.2 Å². The normalized spacial score (nSPS) is 11.9. The Hall–Kier alpha value is -1.66. The molecule has 120 valence electrons. The lowest BCUT2D eigenvalue weighted by molar-refractivity contribution is 0.0827. The Morgan fingerprint density at radius 3 is 2.64 bits per heavy atom. The molecule has 0 amide bonds. The quantitative estimate of drug-likeness (QED) is 0.445. The Morgan fingerprint density at radius 2 is 2.05 bits per heavy atom. The number of hydrogen-bond acceptors (Lipinski definition) is 4. The van der Waals surface area contributed by atoms with E-state index in [0.29, 0.717) is 19.2 Å². The number of Topliss-reactive ketones (excluding diaryl/α,β-unsaturated/α-hetero) is 1. The third kappa shape index (κ3) is 3.95. The molecule has 1 aromatic carbocycles. The molecule has 0 aliphatic carbocycles. The highest BCUT2D eigenvalue weighted by molar-refractivity contribution is 6.76. The molecule has 0 aliphatic rings. The number of methoxy groups -OCH3 is 1. The number of carbonyl (C=O) groups excluding carboxylic acids is 1. The highest BCUT2D eigenvalue weighted by Crippen LogP contribution is 2.22. The Morgan fingerprint density at radius 1 is 1.32 bits per heavy atom. The predicted molar refractivity (Wildman–Crippen MR) is 90.4 cm³/mol. The van der Waals surface area contributed by atoms with Crippen LogP contribution in [0.4, 0.5) is 0 Å². The van der Waals surface area contributed by atoms with Crippen molar-refractivity contribution in [3.05, 3.63) is 24.0 Å². The van der Waals surface area contributed by atoms with Crippen molar-refractivity contribution >= 4 is 24.9 Å². The van der Waals surface area contributed by atoms with Crippen molar-refractivity contribution in [2.24, 2.45) is 0 Å². The summed E-state index contributed by atoms with van der Waals surface area (Å²) < 4.78 is 12.8. The molecule has 1 heterocycles. The van der Waals surface area contributed by atoms with Crippen LogP contribution in [0, 0.1) is 0 Å². The summed E-state index contributed by atoms with van der Waals surface area (Å²) in [5.74, 6) is 1.09. The number of fused-ring (bicyclic) bond motifs is 1. The average molecular weight is 320 g/mol. The lowest BCUT2D eigenvalue weighted by Crippen LogP contribution is -2.22. The van der Waals surface area contributed by atoms with E-state index in [0.717, 1.165) is 22.8 Å². The zero-order valence-electron chi connectivity index (χ0n) is 14.0. The van der Waals surface area contributed by atoms with Crippen LogP contribution in [0.2, 0.25) is 25.7 Å². The van der Waals surface area contributed by atoms with E-state index in [4.69, 9.17) is 9.47 Å². The number of aromatic nitrogens is 2.